The van der Waals surface area contributed by atoms with Gasteiger partial charge in [0, 0.05) is 16.5 Å². The van der Waals surface area contributed by atoms with E-state index in [1.165, 1.54) is 0 Å². The zero-order chi connectivity index (χ0) is 10.8. The fourth-order valence-corrected chi connectivity index (χ4v) is 1.67. The maximum Gasteiger partial charge on any atom is 0.132 e. The molecule has 0 bridgehead atoms. The molecule has 0 radical (unpaired) electrons. The normalized spacial score (nSPS) is 14.5. The number of hydrogen-bond acceptors (Lipinski definition) is 4. The molecule has 0 unspecified atom stereocenters. The van der Waals surface area contributed by atoms with Crippen molar-refractivity contribution < 1.29 is 9.47 Å². The Morgan fingerprint density at radius 3 is 3.07 bits per heavy atom. The summed E-state index contributed by atoms with van der Waals surface area (Å²) in [5.41, 5.74) is 7.46. The summed E-state index contributed by atoms with van der Waals surface area (Å²) >= 11 is 4.25. The van der Waals surface area contributed by atoms with Crippen LogP contribution in [0.25, 0.3) is 5.70 Å². The first-order valence-corrected chi connectivity index (χ1v) is 5.24. The maximum atomic E-state index is 5.90. The van der Waals surface area contributed by atoms with Gasteiger partial charge < -0.3 is 15.2 Å². The molecule has 1 aliphatic rings. The average Bonchev–Trinajstić information content (AvgIpc) is 2.24. The van der Waals surface area contributed by atoms with Gasteiger partial charge in [0.25, 0.3) is 0 Å². The van der Waals surface area contributed by atoms with E-state index in [0.29, 0.717) is 18.9 Å². The van der Waals surface area contributed by atoms with Crippen LogP contribution >= 0.6 is 12.6 Å². The second-order valence-corrected chi connectivity index (χ2v) is 3.78. The Balaban J connectivity index is 2.40. The number of ether oxygens (including phenoxy) is 2. The molecule has 1 aromatic carbocycles. The van der Waals surface area contributed by atoms with Crippen LogP contribution in [-0.4, -0.2) is 13.2 Å². The molecule has 0 saturated heterocycles. The highest BCUT2D eigenvalue weighted by Crippen LogP contribution is 2.34. The molecule has 0 aromatic heterocycles. The van der Waals surface area contributed by atoms with Gasteiger partial charge in [0.05, 0.1) is 12.3 Å². The van der Waals surface area contributed by atoms with Gasteiger partial charge in [-0.25, -0.2) is 0 Å². The Morgan fingerprint density at radius 1 is 1.53 bits per heavy atom. The number of benzene rings is 1. The lowest BCUT2D eigenvalue weighted by atomic mass is 10.1. The molecule has 0 atom stereocenters. The van der Waals surface area contributed by atoms with Crippen LogP contribution in [-0.2, 0) is 0 Å². The summed E-state index contributed by atoms with van der Waals surface area (Å²) in [5, 5.41) is 0. The topological polar surface area (TPSA) is 44.5 Å². The van der Waals surface area contributed by atoms with Gasteiger partial charge in [-0.2, -0.15) is 0 Å². The number of thiol groups is 1. The summed E-state index contributed by atoms with van der Waals surface area (Å²) < 4.78 is 10.9. The monoisotopic (exact) mass is 223 g/mol. The smallest absolute Gasteiger partial charge is 0.132 e. The van der Waals surface area contributed by atoms with Crippen LogP contribution in [0.3, 0.4) is 0 Å². The van der Waals surface area contributed by atoms with Gasteiger partial charge in [0.1, 0.15) is 18.1 Å². The molecule has 3 nitrogen and oxygen atoms in total. The molecule has 80 valence electrons. The fraction of sp³-hybridized carbons (Fsp3) is 0.273. The lowest BCUT2D eigenvalue weighted by molar-refractivity contribution is 0.328. The number of hydrogen-bond donors (Lipinski definition) is 2. The third-order valence-electron chi connectivity index (χ3n) is 2.23. The van der Waals surface area contributed by atoms with Gasteiger partial charge in [-0.3, -0.25) is 0 Å². The van der Waals surface area contributed by atoms with E-state index in [0.717, 1.165) is 22.0 Å². The Kier molecular flexibility index (Phi) is 2.77. The van der Waals surface area contributed by atoms with E-state index in [2.05, 4.69) is 12.6 Å². The third-order valence-corrected chi connectivity index (χ3v) is 2.60. The van der Waals surface area contributed by atoms with E-state index >= 15 is 0 Å². The molecule has 0 amide bonds. The molecule has 4 heteroatoms. The van der Waals surface area contributed by atoms with Gasteiger partial charge >= 0.3 is 0 Å². The molecule has 1 aliphatic heterocycles. The molecule has 0 fully saturated rings. The Morgan fingerprint density at radius 2 is 2.33 bits per heavy atom. The van der Waals surface area contributed by atoms with Crippen LogP contribution < -0.4 is 15.2 Å². The highest BCUT2D eigenvalue weighted by Gasteiger charge is 2.16. The van der Waals surface area contributed by atoms with E-state index < -0.39 is 0 Å². The predicted octanol–water partition coefficient (Wildman–Crippen LogP) is 2.03. The van der Waals surface area contributed by atoms with Crippen LogP contribution in [0.15, 0.2) is 23.1 Å². The summed E-state index contributed by atoms with van der Waals surface area (Å²) in [6, 6.07) is 5.63. The second-order valence-electron chi connectivity index (χ2n) is 3.24. The van der Waals surface area contributed by atoms with Gasteiger partial charge in [-0.15, -0.1) is 12.6 Å². The van der Waals surface area contributed by atoms with Gasteiger partial charge in [-0.05, 0) is 19.1 Å². The van der Waals surface area contributed by atoms with E-state index in [-0.39, 0.29) is 0 Å². The van der Waals surface area contributed by atoms with Crippen LogP contribution in [0.2, 0.25) is 0 Å². The highest BCUT2D eigenvalue weighted by molar-refractivity contribution is 7.84. The molecule has 0 spiro atoms. The van der Waals surface area contributed by atoms with Gasteiger partial charge in [-0.1, -0.05) is 0 Å². The molecular formula is C11H13NO2S. The Hall–Kier alpha value is -1.29. The number of fused-ring (bicyclic) bond motifs is 1. The van der Waals surface area contributed by atoms with Crippen LogP contribution in [0.4, 0.5) is 0 Å². The highest BCUT2D eigenvalue weighted by atomic mass is 32.1. The van der Waals surface area contributed by atoms with Crippen molar-refractivity contribution >= 4 is 18.3 Å². The summed E-state index contributed by atoms with van der Waals surface area (Å²) in [7, 11) is 0. The first kappa shape index (κ1) is 10.2. The van der Waals surface area contributed by atoms with Crippen molar-refractivity contribution in [1.82, 2.24) is 0 Å². The lowest BCUT2D eigenvalue weighted by Crippen LogP contribution is -2.13. The first-order valence-electron chi connectivity index (χ1n) is 4.80. The molecule has 0 saturated carbocycles. The van der Waals surface area contributed by atoms with Gasteiger partial charge in [0.2, 0.25) is 0 Å². The van der Waals surface area contributed by atoms with Crippen molar-refractivity contribution in [2.75, 3.05) is 13.2 Å². The van der Waals surface area contributed by atoms with Crippen molar-refractivity contribution in [2.24, 2.45) is 5.73 Å². The zero-order valence-corrected chi connectivity index (χ0v) is 9.38. The van der Waals surface area contributed by atoms with E-state index in [9.17, 15) is 0 Å². The molecular weight excluding hydrogens is 210 g/mol. The van der Waals surface area contributed by atoms with E-state index in [4.69, 9.17) is 15.2 Å². The summed E-state index contributed by atoms with van der Waals surface area (Å²) in [6.07, 6.45) is 0. The predicted molar refractivity (Wildman–Crippen MR) is 63.2 cm³/mol. The largest absolute Gasteiger partial charge is 0.494 e. The van der Waals surface area contributed by atoms with Gasteiger partial charge in [0.15, 0.2) is 0 Å². The van der Waals surface area contributed by atoms with Crippen molar-refractivity contribution in [2.45, 2.75) is 6.92 Å². The van der Waals surface area contributed by atoms with E-state index in [1.54, 1.807) is 0 Å². The Labute approximate surface area is 94.3 Å². The first-order chi connectivity index (χ1) is 7.22. The molecule has 0 aliphatic carbocycles. The van der Waals surface area contributed by atoms with Crippen LogP contribution in [0, 0.1) is 0 Å². The van der Waals surface area contributed by atoms with Crippen LogP contribution in [0.5, 0.6) is 11.5 Å². The standard InChI is InChI=1S/C11H13NO2S/c1-2-13-7-3-4-8-9(5-7)14-6-10(15)11(8)12/h3-5,15H,2,6,12H2,1H3. The summed E-state index contributed by atoms with van der Waals surface area (Å²) in [4.78, 5) is 0.770. The lowest BCUT2D eigenvalue weighted by Gasteiger charge is -2.19. The SMILES string of the molecule is CCOc1ccc2c(c1)OCC(S)=C2N. The quantitative estimate of drug-likeness (QED) is 0.754. The zero-order valence-electron chi connectivity index (χ0n) is 8.49. The maximum absolute atomic E-state index is 5.90. The third kappa shape index (κ3) is 1.90. The molecule has 1 aromatic rings. The molecule has 2 N–H and O–H groups in total. The average molecular weight is 223 g/mol. The summed E-state index contributed by atoms with van der Waals surface area (Å²) in [5.74, 6) is 1.56. The second kappa shape index (κ2) is 4.06. The van der Waals surface area contributed by atoms with Crippen molar-refractivity contribution in [3.63, 3.8) is 0 Å². The Bertz CT molecular complexity index is 415. The minimum absolute atomic E-state index is 0.428. The van der Waals surface area contributed by atoms with Crippen molar-refractivity contribution in [1.29, 1.82) is 0 Å². The minimum atomic E-state index is 0.428. The summed E-state index contributed by atoms with van der Waals surface area (Å²) in [6.45, 7) is 3.01. The van der Waals surface area contributed by atoms with Crippen molar-refractivity contribution in [3.8, 4) is 11.5 Å². The van der Waals surface area contributed by atoms with Crippen LogP contribution in [0.1, 0.15) is 12.5 Å². The molecule has 2 rings (SSSR count). The van der Waals surface area contributed by atoms with E-state index in [1.807, 2.05) is 25.1 Å². The number of nitrogens with two attached hydrogens (primary N) is 1. The molecule has 15 heavy (non-hydrogen) atoms. The minimum Gasteiger partial charge on any atom is -0.494 e. The molecule has 1 heterocycles. The fourth-order valence-electron chi connectivity index (χ4n) is 1.48. The number of rotatable bonds is 2. The van der Waals surface area contributed by atoms with Crippen molar-refractivity contribution in [3.05, 3.63) is 28.7 Å².